The van der Waals surface area contributed by atoms with Crippen molar-refractivity contribution in [1.82, 2.24) is 36.8 Å². The molecular formula is C38H63N7O9. The minimum Gasteiger partial charge on any atom is -0.508 e. The molecule has 8 atom stereocenters. The zero-order valence-corrected chi connectivity index (χ0v) is 32.9. The lowest BCUT2D eigenvalue weighted by molar-refractivity contribution is -0.146. The molecule has 2 heterocycles. The van der Waals surface area contributed by atoms with Crippen LogP contribution < -0.4 is 31.9 Å². The van der Waals surface area contributed by atoms with E-state index in [-0.39, 0.29) is 36.3 Å². The van der Waals surface area contributed by atoms with Crippen LogP contribution >= 0.6 is 0 Å². The molecule has 0 spiro atoms. The van der Waals surface area contributed by atoms with Crippen molar-refractivity contribution in [2.75, 3.05) is 6.54 Å². The number of aliphatic carboxylic acids is 1. The Hall–Kier alpha value is -3.83. The minimum atomic E-state index is -2.40. The molecule has 0 bridgehead atoms. The Morgan fingerprint density at radius 1 is 0.944 bits per heavy atom. The first-order valence-electron chi connectivity index (χ1n) is 19.0. The number of phenols is 1. The number of phenolic OH excluding ortho intramolecular Hbond substituents is 1. The monoisotopic (exact) mass is 761 g/mol. The first-order valence-corrected chi connectivity index (χ1v) is 19.0. The van der Waals surface area contributed by atoms with Crippen LogP contribution in [0, 0.1) is 11.8 Å². The van der Waals surface area contributed by atoms with Crippen molar-refractivity contribution in [3.63, 3.8) is 0 Å². The third-order valence-corrected chi connectivity index (χ3v) is 9.48. The molecule has 0 radical (unpaired) electrons. The summed E-state index contributed by atoms with van der Waals surface area (Å²) in [5.41, 5.74) is -0.0363. The van der Waals surface area contributed by atoms with Crippen LogP contribution in [-0.4, -0.2) is 115 Å². The average Bonchev–Trinajstić information content (AvgIpc) is 3.51. The molecule has 16 heteroatoms. The number of nitrogens with zero attached hydrogens (tertiary/aromatic N) is 1. The highest BCUT2D eigenvalue weighted by molar-refractivity contribution is 5.94. The summed E-state index contributed by atoms with van der Waals surface area (Å²) >= 11 is 0. The largest absolute Gasteiger partial charge is 0.508 e. The van der Waals surface area contributed by atoms with E-state index in [0.29, 0.717) is 31.4 Å². The van der Waals surface area contributed by atoms with Gasteiger partial charge < -0.3 is 41.7 Å². The number of aromatic hydroxyl groups is 1. The van der Waals surface area contributed by atoms with Crippen LogP contribution in [0.2, 0.25) is 0 Å². The Morgan fingerprint density at radius 2 is 1.56 bits per heavy atom. The summed E-state index contributed by atoms with van der Waals surface area (Å²) in [6, 6.07) is 1.20. The van der Waals surface area contributed by atoms with Crippen LogP contribution in [0.25, 0.3) is 0 Å². The molecule has 2 aliphatic rings. The summed E-state index contributed by atoms with van der Waals surface area (Å²) in [7, 11) is 0. The molecule has 10 N–H and O–H groups in total. The third-order valence-electron chi connectivity index (χ3n) is 9.48. The highest BCUT2D eigenvalue weighted by Gasteiger charge is 2.46. The Balaban J connectivity index is 2.24. The second-order valence-corrected chi connectivity index (χ2v) is 16.7. The van der Waals surface area contributed by atoms with Crippen molar-refractivity contribution in [1.29, 1.82) is 0 Å². The Kier molecular flexibility index (Phi) is 15.8. The Labute approximate surface area is 318 Å². The fourth-order valence-corrected chi connectivity index (χ4v) is 7.07. The van der Waals surface area contributed by atoms with E-state index in [9.17, 15) is 44.4 Å². The first kappa shape index (κ1) is 44.6. The topological polar surface area (TPSA) is 242 Å². The van der Waals surface area contributed by atoms with E-state index in [4.69, 9.17) is 0 Å². The van der Waals surface area contributed by atoms with Crippen molar-refractivity contribution < 1.29 is 44.4 Å². The molecule has 1 aromatic rings. The molecule has 2 saturated heterocycles. The number of benzene rings is 1. The molecule has 0 aromatic heterocycles. The van der Waals surface area contributed by atoms with Gasteiger partial charge in [0.1, 0.15) is 23.9 Å². The summed E-state index contributed by atoms with van der Waals surface area (Å²) in [6.07, 6.45) is -2.07. The van der Waals surface area contributed by atoms with Crippen LogP contribution in [0.1, 0.15) is 99.5 Å². The summed E-state index contributed by atoms with van der Waals surface area (Å²) in [4.78, 5) is 70.4. The van der Waals surface area contributed by atoms with Gasteiger partial charge in [-0.3, -0.25) is 39.5 Å². The average molecular weight is 762 g/mol. The number of aliphatic hydroxyl groups excluding tert-OH is 1. The number of amides is 4. The van der Waals surface area contributed by atoms with E-state index >= 15 is 0 Å². The molecule has 0 saturated carbocycles. The third kappa shape index (κ3) is 13.5. The Bertz CT molecular complexity index is 1450. The Morgan fingerprint density at radius 3 is 2.11 bits per heavy atom. The SMILES string of the molecule is CC(C)CC1N[C@H](C(C)O)NC(O)(CCC(=O)O)NC(=O)[C@H](CC(C)C)NC(=O)[C@H](Cc2ccc(O)cc2)NC(=O)[C@@H]2CCCN2[C@@H]1C(=O)NC(C)(C)C. The van der Waals surface area contributed by atoms with Gasteiger partial charge in [-0.15, -0.1) is 0 Å². The van der Waals surface area contributed by atoms with E-state index in [1.165, 1.54) is 19.1 Å². The second kappa shape index (κ2) is 19.2. The van der Waals surface area contributed by atoms with Crippen LogP contribution in [0.3, 0.4) is 0 Å². The predicted octanol–water partition coefficient (Wildman–Crippen LogP) is 0.640. The van der Waals surface area contributed by atoms with E-state index in [1.807, 2.05) is 53.4 Å². The summed E-state index contributed by atoms with van der Waals surface area (Å²) in [6.45, 7) is 14.9. The predicted molar refractivity (Wildman–Crippen MR) is 201 cm³/mol. The lowest BCUT2D eigenvalue weighted by Crippen LogP contribution is -2.72. The van der Waals surface area contributed by atoms with E-state index in [2.05, 4.69) is 31.9 Å². The summed E-state index contributed by atoms with van der Waals surface area (Å²) in [5.74, 6) is -6.11. The molecule has 304 valence electrons. The summed E-state index contributed by atoms with van der Waals surface area (Å²) < 4.78 is 0. The van der Waals surface area contributed by atoms with Gasteiger partial charge in [-0.2, -0.15) is 0 Å². The van der Waals surface area contributed by atoms with Gasteiger partial charge in [0.15, 0.2) is 5.85 Å². The van der Waals surface area contributed by atoms with E-state index in [1.54, 1.807) is 12.1 Å². The zero-order valence-electron chi connectivity index (χ0n) is 32.9. The molecular weight excluding hydrogens is 698 g/mol. The quantitative estimate of drug-likeness (QED) is 0.150. The van der Waals surface area contributed by atoms with Crippen molar-refractivity contribution in [3.8, 4) is 5.75 Å². The zero-order chi connectivity index (χ0) is 40.5. The number of rotatable bonds is 11. The van der Waals surface area contributed by atoms with Gasteiger partial charge in [0, 0.05) is 24.4 Å². The number of hydrogen-bond donors (Lipinski definition) is 10. The van der Waals surface area contributed by atoms with Crippen molar-refractivity contribution in [3.05, 3.63) is 29.8 Å². The number of carboxylic acid groups (broad SMARTS) is 1. The van der Waals surface area contributed by atoms with Crippen LogP contribution in [0.15, 0.2) is 24.3 Å². The number of nitrogens with one attached hydrogen (secondary N) is 6. The van der Waals surface area contributed by atoms with Gasteiger partial charge in [0.2, 0.25) is 23.6 Å². The number of fused-ring (bicyclic) bond motifs is 1. The van der Waals surface area contributed by atoms with Gasteiger partial charge in [0.25, 0.3) is 0 Å². The van der Waals surface area contributed by atoms with Gasteiger partial charge in [0.05, 0.1) is 24.7 Å². The molecule has 2 aliphatic heterocycles. The normalized spacial score (nSPS) is 28.6. The highest BCUT2D eigenvalue weighted by atomic mass is 16.4. The molecule has 16 nitrogen and oxygen atoms in total. The van der Waals surface area contributed by atoms with Crippen molar-refractivity contribution >= 4 is 29.6 Å². The van der Waals surface area contributed by atoms with Crippen molar-refractivity contribution in [2.24, 2.45) is 11.8 Å². The number of carboxylic acids is 1. The summed E-state index contributed by atoms with van der Waals surface area (Å²) in [5, 5.41) is 59.9. The maximum atomic E-state index is 14.4. The van der Waals surface area contributed by atoms with Gasteiger partial charge in [-0.05, 0) is 89.5 Å². The lowest BCUT2D eigenvalue weighted by Gasteiger charge is -2.43. The number of hydrogen-bond acceptors (Lipinski definition) is 11. The molecule has 0 aliphatic carbocycles. The second-order valence-electron chi connectivity index (χ2n) is 16.7. The van der Waals surface area contributed by atoms with E-state index in [0.717, 1.165) is 0 Å². The minimum absolute atomic E-state index is 0.00309. The highest BCUT2D eigenvalue weighted by Crippen LogP contribution is 2.27. The molecule has 3 unspecified atom stereocenters. The number of carbonyl (C=O) groups excluding carboxylic acids is 4. The maximum Gasteiger partial charge on any atom is 0.303 e. The number of aliphatic hydroxyl groups is 2. The standard InChI is InChI=1S/C38H63N7O9/c1-21(2)18-26-31(36(53)43-37(6,7)8)45-17-9-10-29(45)35(52)41-28(20-24-11-13-25(47)14-12-24)33(50)40-27(19-22(3)4)34(51)44-38(54,16-15-30(48)49)42-32(39-26)23(5)46/h11-14,21-23,26-29,31-32,39,42,46-47,54H,9-10,15-20H2,1-8H3,(H,40,50)(H,41,52)(H,43,53)(H,44,51)(H,48,49)/t23?,26?,27-,28-,29-,31-,32-,38?/m0/s1. The van der Waals surface area contributed by atoms with Crippen molar-refractivity contribution in [2.45, 2.75) is 154 Å². The van der Waals surface area contributed by atoms with Crippen LogP contribution in [0.5, 0.6) is 5.75 Å². The van der Waals surface area contributed by atoms with E-state index < -0.39 is 90.4 Å². The van der Waals surface area contributed by atoms with Gasteiger partial charge >= 0.3 is 5.97 Å². The van der Waals surface area contributed by atoms with Gasteiger partial charge in [-0.1, -0.05) is 39.8 Å². The molecule has 2 fully saturated rings. The lowest BCUT2D eigenvalue weighted by atomic mass is 9.93. The smallest absolute Gasteiger partial charge is 0.303 e. The molecule has 54 heavy (non-hydrogen) atoms. The van der Waals surface area contributed by atoms with Gasteiger partial charge in [-0.25, -0.2) is 0 Å². The fourth-order valence-electron chi connectivity index (χ4n) is 7.07. The molecule has 3 rings (SSSR count). The molecule has 1 aromatic carbocycles. The van der Waals surface area contributed by atoms with Crippen LogP contribution in [-0.2, 0) is 30.4 Å². The number of carbonyl (C=O) groups is 5. The maximum absolute atomic E-state index is 14.4. The van der Waals surface area contributed by atoms with Crippen LogP contribution in [0.4, 0.5) is 0 Å². The first-order chi connectivity index (χ1) is 25.1. The fraction of sp³-hybridized carbons (Fsp3) is 0.711. The molecule has 4 amide bonds.